The van der Waals surface area contributed by atoms with E-state index in [1.54, 1.807) is 18.2 Å². The lowest BCUT2D eigenvalue weighted by Gasteiger charge is -1.96. The van der Waals surface area contributed by atoms with Crippen LogP contribution >= 0.6 is 23.7 Å². The van der Waals surface area contributed by atoms with Gasteiger partial charge in [-0.3, -0.25) is 10.1 Å². The first-order valence-corrected chi connectivity index (χ1v) is 5.08. The van der Waals surface area contributed by atoms with Crippen molar-refractivity contribution in [2.24, 2.45) is 0 Å². The van der Waals surface area contributed by atoms with E-state index in [4.69, 9.17) is 5.73 Å². The molecule has 2 aromatic rings. The van der Waals surface area contributed by atoms with Crippen molar-refractivity contribution in [3.8, 4) is 10.4 Å². The number of anilines is 1. The van der Waals surface area contributed by atoms with Gasteiger partial charge in [-0.15, -0.1) is 12.4 Å². The average molecular weight is 257 g/mol. The van der Waals surface area contributed by atoms with Gasteiger partial charge in [-0.2, -0.15) is 0 Å². The van der Waals surface area contributed by atoms with Crippen molar-refractivity contribution in [2.45, 2.75) is 0 Å². The molecule has 6 heteroatoms. The predicted molar refractivity (Wildman–Crippen MR) is 68.1 cm³/mol. The molecule has 2 N–H and O–H groups in total. The van der Waals surface area contributed by atoms with Crippen molar-refractivity contribution >= 4 is 34.4 Å². The van der Waals surface area contributed by atoms with Gasteiger partial charge in [-0.05, 0) is 23.8 Å². The maximum Gasteiger partial charge on any atom is 0.324 e. The molecule has 0 spiro atoms. The monoisotopic (exact) mass is 256 g/mol. The van der Waals surface area contributed by atoms with Crippen molar-refractivity contribution in [3.63, 3.8) is 0 Å². The van der Waals surface area contributed by atoms with Crippen LogP contribution in [0.3, 0.4) is 0 Å². The predicted octanol–water partition coefficient (Wildman–Crippen LogP) is 3.33. The van der Waals surface area contributed by atoms with E-state index in [-0.39, 0.29) is 22.3 Å². The first-order valence-electron chi connectivity index (χ1n) is 4.27. The van der Waals surface area contributed by atoms with E-state index in [0.717, 1.165) is 21.8 Å². The summed E-state index contributed by atoms with van der Waals surface area (Å²) in [5.41, 5.74) is 7.18. The molecule has 0 saturated heterocycles. The van der Waals surface area contributed by atoms with E-state index in [0.29, 0.717) is 5.69 Å². The molecule has 0 atom stereocenters. The first-order chi connectivity index (χ1) is 7.16. The maximum atomic E-state index is 10.5. The van der Waals surface area contributed by atoms with Gasteiger partial charge in [-0.25, -0.2) is 0 Å². The zero-order valence-corrected chi connectivity index (χ0v) is 9.75. The van der Waals surface area contributed by atoms with Crippen molar-refractivity contribution in [1.82, 2.24) is 0 Å². The summed E-state index contributed by atoms with van der Waals surface area (Å²) in [5.74, 6) is 0. The molecule has 1 aromatic heterocycles. The summed E-state index contributed by atoms with van der Waals surface area (Å²) in [6.07, 6.45) is 0. The van der Waals surface area contributed by atoms with Crippen LogP contribution in [0.1, 0.15) is 0 Å². The van der Waals surface area contributed by atoms with Gasteiger partial charge in [0.2, 0.25) is 0 Å². The Bertz CT molecular complexity index is 496. The Morgan fingerprint density at radius 3 is 2.25 bits per heavy atom. The van der Waals surface area contributed by atoms with Gasteiger partial charge < -0.3 is 5.73 Å². The fraction of sp³-hybridized carbons (Fsp3) is 0. The molecule has 0 aliphatic carbocycles. The van der Waals surface area contributed by atoms with Crippen LogP contribution in [0.5, 0.6) is 0 Å². The zero-order chi connectivity index (χ0) is 10.8. The van der Waals surface area contributed by atoms with E-state index < -0.39 is 0 Å². The summed E-state index contributed by atoms with van der Waals surface area (Å²) in [7, 11) is 0. The molecule has 0 unspecified atom stereocenters. The van der Waals surface area contributed by atoms with Gasteiger partial charge >= 0.3 is 5.00 Å². The van der Waals surface area contributed by atoms with E-state index in [1.807, 2.05) is 12.1 Å². The quantitative estimate of drug-likeness (QED) is 0.509. The minimum Gasteiger partial charge on any atom is -0.399 e. The molecule has 0 fully saturated rings. The largest absolute Gasteiger partial charge is 0.399 e. The van der Waals surface area contributed by atoms with Crippen LogP contribution in [0.15, 0.2) is 36.4 Å². The average Bonchev–Trinajstić information content (AvgIpc) is 2.68. The Hall–Kier alpha value is -1.59. The van der Waals surface area contributed by atoms with Gasteiger partial charge in [0.05, 0.1) is 4.92 Å². The Morgan fingerprint density at radius 1 is 1.12 bits per heavy atom. The van der Waals surface area contributed by atoms with E-state index in [9.17, 15) is 10.1 Å². The van der Waals surface area contributed by atoms with E-state index >= 15 is 0 Å². The van der Waals surface area contributed by atoms with Crippen molar-refractivity contribution in [3.05, 3.63) is 46.5 Å². The molecule has 1 aromatic carbocycles. The van der Waals surface area contributed by atoms with Crippen LogP contribution < -0.4 is 5.73 Å². The second kappa shape index (κ2) is 4.96. The molecule has 4 nitrogen and oxygen atoms in total. The SMILES string of the molecule is Cl.Nc1ccc(-c2ccc([N+](=O)[O-])s2)cc1. The lowest BCUT2D eigenvalue weighted by molar-refractivity contribution is -0.380. The highest BCUT2D eigenvalue weighted by Gasteiger charge is 2.10. The Morgan fingerprint density at radius 2 is 1.75 bits per heavy atom. The highest BCUT2D eigenvalue weighted by molar-refractivity contribution is 7.18. The highest BCUT2D eigenvalue weighted by Crippen LogP contribution is 2.32. The van der Waals surface area contributed by atoms with Gasteiger partial charge in [0.15, 0.2) is 0 Å². The summed E-state index contributed by atoms with van der Waals surface area (Å²) >= 11 is 1.16. The first kappa shape index (κ1) is 12.5. The van der Waals surface area contributed by atoms with Crippen LogP contribution in [-0.2, 0) is 0 Å². The molecule has 0 amide bonds. The summed E-state index contributed by atoms with van der Waals surface area (Å²) in [5, 5.41) is 10.7. The van der Waals surface area contributed by atoms with E-state index in [2.05, 4.69) is 0 Å². The lowest BCUT2D eigenvalue weighted by Crippen LogP contribution is -1.82. The summed E-state index contributed by atoms with van der Waals surface area (Å²) < 4.78 is 0. The third-order valence-electron chi connectivity index (χ3n) is 1.97. The van der Waals surface area contributed by atoms with Crippen molar-refractivity contribution < 1.29 is 4.92 Å². The van der Waals surface area contributed by atoms with Gasteiger partial charge in [0.25, 0.3) is 0 Å². The third kappa shape index (κ3) is 2.50. The Labute approximate surface area is 102 Å². The van der Waals surface area contributed by atoms with Gasteiger partial charge in [0.1, 0.15) is 0 Å². The number of halogens is 1. The number of nitrogen functional groups attached to an aromatic ring is 1. The molecule has 0 aliphatic heterocycles. The maximum absolute atomic E-state index is 10.5. The molecule has 0 radical (unpaired) electrons. The third-order valence-corrected chi connectivity index (χ3v) is 3.05. The minimum atomic E-state index is -0.383. The lowest BCUT2D eigenvalue weighted by atomic mass is 10.2. The second-order valence-electron chi connectivity index (χ2n) is 3.02. The normalized spacial score (nSPS) is 9.50. The molecular weight excluding hydrogens is 248 g/mol. The minimum absolute atomic E-state index is 0. The number of thiophene rings is 1. The molecule has 16 heavy (non-hydrogen) atoms. The van der Waals surface area contributed by atoms with Crippen LogP contribution in [0.2, 0.25) is 0 Å². The highest BCUT2D eigenvalue weighted by atomic mass is 35.5. The van der Waals surface area contributed by atoms with E-state index in [1.165, 1.54) is 6.07 Å². The van der Waals surface area contributed by atoms with Gasteiger partial charge in [-0.1, -0.05) is 23.5 Å². The Kier molecular flexibility index (Phi) is 3.87. The fourth-order valence-corrected chi connectivity index (χ4v) is 2.05. The fourth-order valence-electron chi connectivity index (χ4n) is 1.23. The van der Waals surface area contributed by atoms with Crippen LogP contribution in [0.4, 0.5) is 10.7 Å². The number of nitrogens with zero attached hydrogens (tertiary/aromatic N) is 1. The van der Waals surface area contributed by atoms with Crippen LogP contribution in [-0.4, -0.2) is 4.92 Å². The molecular formula is C10H9ClN2O2S. The number of rotatable bonds is 2. The van der Waals surface area contributed by atoms with Crippen molar-refractivity contribution in [1.29, 1.82) is 0 Å². The summed E-state index contributed by atoms with van der Waals surface area (Å²) in [6.45, 7) is 0. The van der Waals surface area contributed by atoms with Crippen LogP contribution in [0, 0.1) is 10.1 Å². The van der Waals surface area contributed by atoms with Crippen LogP contribution in [0.25, 0.3) is 10.4 Å². The number of hydrogen-bond donors (Lipinski definition) is 1. The number of nitro groups is 1. The zero-order valence-electron chi connectivity index (χ0n) is 8.12. The van der Waals surface area contributed by atoms with Crippen molar-refractivity contribution in [2.75, 3.05) is 5.73 Å². The van der Waals surface area contributed by atoms with Gasteiger partial charge in [0, 0.05) is 16.6 Å². The number of nitrogens with two attached hydrogens (primary N) is 1. The summed E-state index contributed by atoms with van der Waals surface area (Å²) in [6, 6.07) is 10.5. The topological polar surface area (TPSA) is 69.2 Å². The smallest absolute Gasteiger partial charge is 0.324 e. The molecule has 1 heterocycles. The summed E-state index contributed by atoms with van der Waals surface area (Å²) in [4.78, 5) is 11.0. The number of benzene rings is 1. The molecule has 84 valence electrons. The molecule has 2 rings (SSSR count). The Balaban J connectivity index is 0.00000128. The number of hydrogen-bond acceptors (Lipinski definition) is 4. The molecule has 0 saturated carbocycles. The second-order valence-corrected chi connectivity index (χ2v) is 4.08. The molecule has 0 bridgehead atoms. The standard InChI is InChI=1S/C10H8N2O2S.ClH/c11-8-3-1-7(2-4-8)9-5-6-10(15-9)12(13)14;/h1-6H,11H2;1H. The molecule has 0 aliphatic rings.